The van der Waals surface area contributed by atoms with Gasteiger partial charge >= 0.3 is 0 Å². The van der Waals surface area contributed by atoms with E-state index in [4.69, 9.17) is 0 Å². The van der Waals surface area contributed by atoms with Gasteiger partial charge in [-0.2, -0.15) is 0 Å². The lowest BCUT2D eigenvalue weighted by atomic mass is 10.1. The van der Waals surface area contributed by atoms with Gasteiger partial charge < -0.3 is 15.3 Å². The Morgan fingerprint density at radius 3 is 2.80 bits per heavy atom. The molecular formula is C21H23FN4O4. The second-order valence-corrected chi connectivity index (χ2v) is 8.00. The molecule has 1 saturated heterocycles. The maximum Gasteiger partial charge on any atom is 0.277 e. The second-order valence-electron chi connectivity index (χ2n) is 8.00. The number of rotatable bonds is 3. The van der Waals surface area contributed by atoms with Crippen LogP contribution in [0, 0.1) is 18.7 Å². The lowest BCUT2D eigenvalue weighted by molar-refractivity contribution is 0.0653. The first-order chi connectivity index (χ1) is 14.2. The molecule has 0 aliphatic carbocycles. The zero-order valence-electron chi connectivity index (χ0n) is 17.0. The lowest BCUT2D eigenvalue weighted by Gasteiger charge is -2.41. The summed E-state index contributed by atoms with van der Waals surface area (Å²) in [5, 5.41) is 14.9. The Morgan fingerprint density at radius 1 is 1.33 bits per heavy atom. The molecule has 0 bridgehead atoms. The van der Waals surface area contributed by atoms with E-state index < -0.39 is 28.8 Å². The van der Waals surface area contributed by atoms with Crippen LogP contribution < -0.4 is 15.8 Å². The molecular weight excluding hydrogens is 391 g/mol. The monoisotopic (exact) mass is 414 g/mol. The summed E-state index contributed by atoms with van der Waals surface area (Å²) in [5.41, 5.74) is -0.661. The van der Waals surface area contributed by atoms with Crippen molar-refractivity contribution in [3.63, 3.8) is 0 Å². The zero-order chi connectivity index (χ0) is 21.7. The Hall–Kier alpha value is -3.36. The number of amides is 2. The predicted molar refractivity (Wildman–Crippen MR) is 107 cm³/mol. The van der Waals surface area contributed by atoms with Crippen molar-refractivity contribution in [1.82, 2.24) is 14.9 Å². The lowest BCUT2D eigenvalue weighted by Crippen LogP contribution is -2.57. The number of aromatic nitrogens is 1. The van der Waals surface area contributed by atoms with Gasteiger partial charge in [0, 0.05) is 31.9 Å². The van der Waals surface area contributed by atoms with E-state index in [1.165, 1.54) is 15.8 Å². The van der Waals surface area contributed by atoms with E-state index in [-0.39, 0.29) is 29.5 Å². The Morgan fingerprint density at radius 2 is 2.07 bits per heavy atom. The summed E-state index contributed by atoms with van der Waals surface area (Å²) in [7, 11) is 1.63. The molecule has 30 heavy (non-hydrogen) atoms. The van der Waals surface area contributed by atoms with Crippen LogP contribution in [0.15, 0.2) is 29.2 Å². The average Bonchev–Trinajstić information content (AvgIpc) is 3.11. The molecule has 2 aromatic rings. The van der Waals surface area contributed by atoms with Crippen molar-refractivity contribution in [2.45, 2.75) is 33.0 Å². The van der Waals surface area contributed by atoms with Crippen molar-refractivity contribution in [2.75, 3.05) is 18.6 Å². The van der Waals surface area contributed by atoms with E-state index in [9.17, 15) is 23.9 Å². The predicted octanol–water partition coefficient (Wildman–Crippen LogP) is 1.32. The van der Waals surface area contributed by atoms with E-state index in [1.54, 1.807) is 32.2 Å². The highest BCUT2D eigenvalue weighted by molar-refractivity contribution is 5.99. The third-order valence-corrected chi connectivity index (χ3v) is 5.82. The molecule has 9 heteroatoms. The van der Waals surface area contributed by atoms with Crippen molar-refractivity contribution in [3.05, 3.63) is 62.8 Å². The Kier molecular flexibility index (Phi) is 4.76. The summed E-state index contributed by atoms with van der Waals surface area (Å²) in [5.74, 6) is -2.13. The van der Waals surface area contributed by atoms with Gasteiger partial charge in [-0.3, -0.25) is 24.1 Å². The number of hydrogen-bond acceptors (Lipinski definition) is 5. The fourth-order valence-corrected chi connectivity index (χ4v) is 4.16. The normalized spacial score (nSPS) is 20.2. The van der Waals surface area contributed by atoms with E-state index in [0.717, 1.165) is 6.42 Å². The molecule has 2 aliphatic heterocycles. The van der Waals surface area contributed by atoms with Crippen molar-refractivity contribution in [1.29, 1.82) is 0 Å². The number of nitrogens with one attached hydrogen (secondary N) is 1. The zero-order valence-corrected chi connectivity index (χ0v) is 17.0. The number of halogens is 1. The molecule has 0 spiro atoms. The van der Waals surface area contributed by atoms with E-state index in [0.29, 0.717) is 18.0 Å². The van der Waals surface area contributed by atoms with Crippen molar-refractivity contribution >= 4 is 11.8 Å². The minimum Gasteiger partial charge on any atom is -0.502 e. The average molecular weight is 414 g/mol. The standard InChI is InChI=1S/C21H23FN4O4/c1-11-7-15-24(3)21(30)17-19(28)18(27)14(10-26(17)25(15)9-11)20(29)23-8-13-6-4-5-12(2)16(13)22/h4-6,10-11,15,28H,7-9H2,1-3H3,(H,23,29)/t11-,15-/m0/s1. The maximum atomic E-state index is 14.2. The van der Waals surface area contributed by atoms with Gasteiger partial charge in [0.25, 0.3) is 11.8 Å². The van der Waals surface area contributed by atoms with E-state index in [1.807, 2.05) is 11.9 Å². The summed E-state index contributed by atoms with van der Waals surface area (Å²) in [6, 6.07) is 4.84. The quantitative estimate of drug-likeness (QED) is 0.790. The molecule has 2 amide bonds. The van der Waals surface area contributed by atoms with Crippen molar-refractivity contribution in [3.8, 4) is 5.75 Å². The molecule has 0 radical (unpaired) electrons. The number of hydrogen-bond donors (Lipinski definition) is 2. The first-order valence-electron chi connectivity index (χ1n) is 9.75. The molecule has 1 aromatic heterocycles. The number of carbonyl (C=O) groups is 2. The van der Waals surface area contributed by atoms with Crippen LogP contribution in [0.4, 0.5) is 4.39 Å². The largest absolute Gasteiger partial charge is 0.502 e. The molecule has 2 aliphatic rings. The van der Waals surface area contributed by atoms with Crippen LogP contribution in [0.5, 0.6) is 5.75 Å². The summed E-state index contributed by atoms with van der Waals surface area (Å²) in [4.78, 5) is 39.6. The highest BCUT2D eigenvalue weighted by atomic mass is 19.1. The molecule has 158 valence electrons. The molecule has 2 N–H and O–H groups in total. The van der Waals surface area contributed by atoms with Crippen LogP contribution in [0.1, 0.15) is 45.3 Å². The third kappa shape index (κ3) is 3.01. The van der Waals surface area contributed by atoms with Gasteiger partial charge in [-0.05, 0) is 24.8 Å². The minimum atomic E-state index is -0.934. The van der Waals surface area contributed by atoms with Gasteiger partial charge in [-0.25, -0.2) is 4.39 Å². The number of aryl methyl sites for hydroxylation is 1. The van der Waals surface area contributed by atoms with Crippen LogP contribution in [0.3, 0.4) is 0 Å². The smallest absolute Gasteiger partial charge is 0.277 e. The summed E-state index contributed by atoms with van der Waals surface area (Å²) < 4.78 is 15.6. The SMILES string of the molecule is Cc1cccc(CNC(=O)c2cn3c(c(O)c2=O)C(=O)N(C)[C@@H]2C[C@H](C)CN23)c1F. The molecule has 0 unspecified atom stereocenters. The van der Waals surface area contributed by atoms with Crippen LogP contribution in [-0.2, 0) is 6.54 Å². The number of carbonyl (C=O) groups excluding carboxylic acids is 2. The van der Waals surface area contributed by atoms with Gasteiger partial charge in [0.15, 0.2) is 11.4 Å². The Bertz CT molecular complexity index is 1110. The topological polar surface area (TPSA) is 94.9 Å². The van der Waals surface area contributed by atoms with Gasteiger partial charge in [-0.1, -0.05) is 25.1 Å². The van der Waals surface area contributed by atoms with Crippen LogP contribution in [-0.4, -0.2) is 46.3 Å². The minimum absolute atomic E-state index is 0.112. The summed E-state index contributed by atoms with van der Waals surface area (Å²) in [6.07, 6.45) is 1.80. The number of benzene rings is 1. The number of aromatic hydroxyl groups is 1. The number of nitrogens with zero attached hydrogens (tertiary/aromatic N) is 3. The molecule has 2 atom stereocenters. The molecule has 0 saturated carbocycles. The van der Waals surface area contributed by atoms with E-state index >= 15 is 0 Å². The molecule has 3 heterocycles. The van der Waals surface area contributed by atoms with E-state index in [2.05, 4.69) is 5.32 Å². The molecule has 8 nitrogen and oxygen atoms in total. The van der Waals surface area contributed by atoms with Crippen LogP contribution in [0.2, 0.25) is 0 Å². The molecule has 1 fully saturated rings. The fraction of sp³-hybridized carbons (Fsp3) is 0.381. The van der Waals surface area contributed by atoms with Crippen molar-refractivity contribution < 1.29 is 19.1 Å². The van der Waals surface area contributed by atoms with Gasteiger partial charge in [0.2, 0.25) is 5.43 Å². The first-order valence-corrected chi connectivity index (χ1v) is 9.75. The fourth-order valence-electron chi connectivity index (χ4n) is 4.16. The van der Waals surface area contributed by atoms with Crippen LogP contribution >= 0.6 is 0 Å². The molecule has 1 aromatic carbocycles. The van der Waals surface area contributed by atoms with Gasteiger partial charge in [0.05, 0.1) is 0 Å². The maximum absolute atomic E-state index is 14.2. The van der Waals surface area contributed by atoms with Crippen molar-refractivity contribution in [2.24, 2.45) is 5.92 Å². The number of fused-ring (bicyclic) bond motifs is 3. The summed E-state index contributed by atoms with van der Waals surface area (Å²) >= 11 is 0. The highest BCUT2D eigenvalue weighted by Crippen LogP contribution is 2.31. The second kappa shape index (κ2) is 7.16. The van der Waals surface area contributed by atoms with Gasteiger partial charge in [0.1, 0.15) is 17.5 Å². The third-order valence-electron chi connectivity index (χ3n) is 5.82. The summed E-state index contributed by atoms with van der Waals surface area (Å²) in [6.45, 7) is 4.16. The number of pyridine rings is 1. The molecule has 4 rings (SSSR count). The first kappa shape index (κ1) is 19.9. The Labute approximate surface area is 172 Å². The Balaban J connectivity index is 1.69. The highest BCUT2D eigenvalue weighted by Gasteiger charge is 2.43. The van der Waals surface area contributed by atoms with Gasteiger partial charge in [-0.15, -0.1) is 0 Å². The van der Waals surface area contributed by atoms with Crippen LogP contribution in [0.25, 0.3) is 0 Å².